The van der Waals surface area contributed by atoms with Gasteiger partial charge >= 0.3 is 6.36 Å². The Balaban J connectivity index is 1.69. The zero-order valence-corrected chi connectivity index (χ0v) is 19.9. The Hall–Kier alpha value is -2.89. The molecule has 3 aromatic rings. The summed E-state index contributed by atoms with van der Waals surface area (Å²) in [5.74, 6) is -1.58. The van der Waals surface area contributed by atoms with Gasteiger partial charge in [0.05, 0.1) is 6.26 Å². The van der Waals surface area contributed by atoms with E-state index in [0.717, 1.165) is 41.3 Å². The highest BCUT2D eigenvalue weighted by Crippen LogP contribution is 2.38. The van der Waals surface area contributed by atoms with Crippen molar-refractivity contribution in [3.05, 3.63) is 88.7 Å². The van der Waals surface area contributed by atoms with E-state index in [1.165, 1.54) is 24.3 Å². The number of ether oxygens (including phenoxy) is 1. The Morgan fingerprint density at radius 2 is 1.80 bits per heavy atom. The lowest BCUT2D eigenvalue weighted by atomic mass is 9.98. The van der Waals surface area contributed by atoms with Crippen LogP contribution in [0.15, 0.2) is 70.5 Å². The van der Waals surface area contributed by atoms with Gasteiger partial charge in [0.1, 0.15) is 11.6 Å². The summed E-state index contributed by atoms with van der Waals surface area (Å²) >= 11 is 0.816. The molecule has 0 saturated heterocycles. The second kappa shape index (κ2) is 9.63. The molecule has 1 N–H and O–H groups in total. The first-order valence-corrected chi connectivity index (χ1v) is 13.1. The molecule has 35 heavy (non-hydrogen) atoms. The molecule has 0 aromatic heterocycles. The summed E-state index contributed by atoms with van der Waals surface area (Å²) in [6.45, 7) is 0. The van der Waals surface area contributed by atoms with Crippen LogP contribution in [-0.4, -0.2) is 26.8 Å². The summed E-state index contributed by atoms with van der Waals surface area (Å²) in [5.41, 5.74) is 1.93. The van der Waals surface area contributed by atoms with Crippen LogP contribution in [0.5, 0.6) is 5.75 Å². The van der Waals surface area contributed by atoms with Gasteiger partial charge in [-0.25, -0.2) is 17.5 Å². The van der Waals surface area contributed by atoms with Crippen molar-refractivity contribution in [2.75, 3.05) is 6.26 Å². The SMILES string of the molecule is CS(=O)(=O)NC1CCc2cc(C(=O)c3ccc(OC(F)(F)F)cc3Sc3ccccc3F)ccc21. The maximum Gasteiger partial charge on any atom is 0.573 e. The summed E-state index contributed by atoms with van der Waals surface area (Å²) in [7, 11) is -3.42. The smallest absolute Gasteiger partial charge is 0.406 e. The summed E-state index contributed by atoms with van der Waals surface area (Å²) in [6, 6.07) is 13.5. The van der Waals surface area contributed by atoms with Gasteiger partial charge in [-0.3, -0.25) is 4.79 Å². The van der Waals surface area contributed by atoms with E-state index in [1.807, 2.05) is 0 Å². The Labute approximate surface area is 203 Å². The van der Waals surface area contributed by atoms with Gasteiger partial charge in [0.25, 0.3) is 0 Å². The van der Waals surface area contributed by atoms with Crippen molar-refractivity contribution in [2.45, 2.75) is 35.0 Å². The minimum atomic E-state index is -4.93. The molecule has 1 atom stereocenters. The normalized spacial score (nSPS) is 15.6. The Bertz CT molecular complexity index is 1390. The van der Waals surface area contributed by atoms with Crippen molar-refractivity contribution < 1.29 is 35.5 Å². The molecular weight excluding hydrogens is 506 g/mol. The topological polar surface area (TPSA) is 72.5 Å². The van der Waals surface area contributed by atoms with Gasteiger partial charge in [-0.15, -0.1) is 13.2 Å². The van der Waals surface area contributed by atoms with E-state index in [-0.39, 0.29) is 20.9 Å². The fraction of sp³-hybridized carbons (Fsp3) is 0.208. The van der Waals surface area contributed by atoms with Crippen molar-refractivity contribution in [3.63, 3.8) is 0 Å². The van der Waals surface area contributed by atoms with Gasteiger partial charge in [0, 0.05) is 27.0 Å². The van der Waals surface area contributed by atoms with E-state index in [1.54, 1.807) is 24.3 Å². The second-order valence-electron chi connectivity index (χ2n) is 7.96. The fourth-order valence-corrected chi connectivity index (χ4v) is 5.67. The molecule has 4 rings (SSSR count). The van der Waals surface area contributed by atoms with Gasteiger partial charge < -0.3 is 4.74 Å². The van der Waals surface area contributed by atoms with Crippen LogP contribution in [0.1, 0.15) is 39.5 Å². The minimum Gasteiger partial charge on any atom is -0.406 e. The maximum atomic E-state index is 14.2. The number of carbonyl (C=O) groups excluding carboxylic acids is 1. The van der Waals surface area contributed by atoms with Crippen LogP contribution in [0.2, 0.25) is 0 Å². The Morgan fingerprint density at radius 1 is 1.06 bits per heavy atom. The standard InChI is InChI=1S/C24H19F4NO4S2/c1-35(31,32)29-20-11-7-14-12-15(6-9-17(14)20)23(30)18-10-8-16(33-24(26,27)28)13-22(18)34-21-5-3-2-4-19(21)25/h2-6,8-10,12-13,20,29H,7,11H2,1H3. The van der Waals surface area contributed by atoms with Crippen LogP contribution in [0.4, 0.5) is 17.6 Å². The zero-order valence-electron chi connectivity index (χ0n) is 18.2. The van der Waals surface area contributed by atoms with Crippen molar-refractivity contribution in [2.24, 2.45) is 0 Å². The molecule has 0 amide bonds. The number of benzene rings is 3. The number of aryl methyl sites for hydroxylation is 1. The summed E-state index contributed by atoms with van der Waals surface area (Å²) in [4.78, 5) is 13.6. The fourth-order valence-electron chi connectivity index (χ4n) is 3.91. The number of sulfonamides is 1. The van der Waals surface area contributed by atoms with E-state index in [0.29, 0.717) is 12.8 Å². The van der Waals surface area contributed by atoms with Crippen molar-refractivity contribution in [3.8, 4) is 5.75 Å². The molecular formula is C24H19F4NO4S2. The molecule has 11 heteroatoms. The van der Waals surface area contributed by atoms with Crippen LogP contribution in [-0.2, 0) is 16.4 Å². The molecule has 0 bridgehead atoms. The van der Waals surface area contributed by atoms with E-state index in [2.05, 4.69) is 9.46 Å². The summed E-state index contributed by atoms with van der Waals surface area (Å²) in [6.07, 6.45) is -2.76. The van der Waals surface area contributed by atoms with Crippen molar-refractivity contribution >= 4 is 27.6 Å². The molecule has 0 aliphatic heterocycles. The molecule has 0 saturated carbocycles. The van der Waals surface area contributed by atoms with Gasteiger partial charge in [0.2, 0.25) is 10.0 Å². The molecule has 3 aromatic carbocycles. The number of hydrogen-bond donors (Lipinski definition) is 1. The van der Waals surface area contributed by atoms with Crippen LogP contribution < -0.4 is 9.46 Å². The van der Waals surface area contributed by atoms with Gasteiger partial charge in [0.15, 0.2) is 5.78 Å². The highest BCUT2D eigenvalue weighted by molar-refractivity contribution is 7.99. The van der Waals surface area contributed by atoms with Crippen LogP contribution in [0.25, 0.3) is 0 Å². The third-order valence-electron chi connectivity index (χ3n) is 5.33. The number of fused-ring (bicyclic) bond motifs is 1. The third-order valence-corrected chi connectivity index (χ3v) is 7.15. The number of nitrogens with one attached hydrogen (secondary N) is 1. The van der Waals surface area contributed by atoms with Gasteiger partial charge in [-0.1, -0.05) is 36.0 Å². The number of ketones is 1. The van der Waals surface area contributed by atoms with Crippen LogP contribution >= 0.6 is 11.8 Å². The van der Waals surface area contributed by atoms with Crippen molar-refractivity contribution in [1.29, 1.82) is 0 Å². The van der Waals surface area contributed by atoms with Gasteiger partial charge in [-0.05, 0) is 60.4 Å². The Kier molecular flexibility index (Phi) is 6.94. The van der Waals surface area contributed by atoms with Crippen molar-refractivity contribution in [1.82, 2.24) is 4.72 Å². The number of carbonyl (C=O) groups is 1. The molecule has 0 radical (unpaired) electrons. The molecule has 184 valence electrons. The highest BCUT2D eigenvalue weighted by Gasteiger charge is 2.32. The largest absolute Gasteiger partial charge is 0.573 e. The molecule has 1 aliphatic carbocycles. The first-order chi connectivity index (χ1) is 16.4. The van der Waals surface area contributed by atoms with E-state index in [4.69, 9.17) is 0 Å². The predicted octanol–water partition coefficient (Wildman–Crippen LogP) is 5.64. The lowest BCUT2D eigenvalue weighted by Crippen LogP contribution is -2.25. The first kappa shape index (κ1) is 25.2. The molecule has 5 nitrogen and oxygen atoms in total. The monoisotopic (exact) mass is 525 g/mol. The average Bonchev–Trinajstić information content (AvgIpc) is 3.14. The number of halogens is 4. The quantitative estimate of drug-likeness (QED) is 0.319. The lowest BCUT2D eigenvalue weighted by molar-refractivity contribution is -0.274. The average molecular weight is 526 g/mol. The zero-order chi connectivity index (χ0) is 25.4. The van der Waals surface area contributed by atoms with Crippen LogP contribution in [0, 0.1) is 5.82 Å². The summed E-state index contributed by atoms with van der Waals surface area (Å²) < 4.78 is 82.3. The minimum absolute atomic E-state index is 0.0801. The second-order valence-corrected chi connectivity index (χ2v) is 10.8. The molecule has 0 fully saturated rings. The van der Waals surface area contributed by atoms with E-state index < -0.39 is 39.8 Å². The van der Waals surface area contributed by atoms with E-state index >= 15 is 0 Å². The number of alkyl halides is 3. The van der Waals surface area contributed by atoms with Crippen LogP contribution in [0.3, 0.4) is 0 Å². The molecule has 1 unspecified atom stereocenters. The first-order valence-electron chi connectivity index (χ1n) is 10.4. The Morgan fingerprint density at radius 3 is 2.49 bits per heavy atom. The molecule has 0 heterocycles. The molecule has 1 aliphatic rings. The van der Waals surface area contributed by atoms with E-state index in [9.17, 15) is 30.8 Å². The predicted molar refractivity (Wildman–Crippen MR) is 123 cm³/mol. The maximum absolute atomic E-state index is 14.2. The summed E-state index contributed by atoms with van der Waals surface area (Å²) in [5, 5.41) is 0. The van der Waals surface area contributed by atoms with Gasteiger partial charge in [-0.2, -0.15) is 0 Å². The molecule has 0 spiro atoms. The lowest BCUT2D eigenvalue weighted by Gasteiger charge is -2.15. The third kappa shape index (κ3) is 6.22. The number of rotatable bonds is 7. The highest BCUT2D eigenvalue weighted by atomic mass is 32.2. The number of hydrogen-bond acceptors (Lipinski definition) is 5.